The number of aromatic amines is 1. The number of thioether (sulfide) groups is 1. The highest BCUT2D eigenvalue weighted by Crippen LogP contribution is 2.17. The van der Waals surface area contributed by atoms with Gasteiger partial charge in [0, 0.05) is 17.9 Å². The van der Waals surface area contributed by atoms with Crippen LogP contribution < -0.4 is 17.0 Å². The number of rotatable bonds is 8. The van der Waals surface area contributed by atoms with E-state index in [0.717, 1.165) is 10.1 Å². The molecule has 0 aliphatic heterocycles. The maximum Gasteiger partial charge on any atom is 0.330 e. The predicted molar refractivity (Wildman–Crippen MR) is 99.6 cm³/mol. The molecule has 2 rings (SSSR count). The van der Waals surface area contributed by atoms with Crippen molar-refractivity contribution in [2.45, 2.75) is 12.3 Å². The van der Waals surface area contributed by atoms with E-state index in [9.17, 15) is 14.4 Å². The molecule has 1 heterocycles. The van der Waals surface area contributed by atoms with E-state index >= 15 is 0 Å². The van der Waals surface area contributed by atoms with Crippen molar-refractivity contribution in [1.82, 2.24) is 9.55 Å². The van der Waals surface area contributed by atoms with Crippen LogP contribution in [0.1, 0.15) is 15.9 Å². The molecule has 9 heteroatoms. The molecule has 1 aromatic heterocycles. The van der Waals surface area contributed by atoms with Gasteiger partial charge in [-0.15, -0.1) is 11.8 Å². The second-order valence-corrected chi connectivity index (χ2v) is 6.63. The number of halogens is 1. The number of ether oxygens (including phenoxy) is 1. The summed E-state index contributed by atoms with van der Waals surface area (Å²) in [7, 11) is 1.48. The zero-order valence-corrected chi connectivity index (χ0v) is 15.2. The Balaban J connectivity index is 2.11. The molecule has 0 fully saturated rings. The van der Waals surface area contributed by atoms with E-state index in [4.69, 9.17) is 22.1 Å². The second-order valence-electron chi connectivity index (χ2n) is 5.21. The standard InChI is InChI=1S/C16H18ClN3O4S/c1-24-7-6-20-14(18)13(15(22)19-16(20)23)12(21)9-25-8-10-2-4-11(17)5-3-10/h2-5H,6-9,18H2,1H3,(H,19,22,23). The molecule has 0 aliphatic rings. The Labute approximate surface area is 153 Å². The summed E-state index contributed by atoms with van der Waals surface area (Å²) in [5.41, 5.74) is 5.25. The molecule has 25 heavy (non-hydrogen) atoms. The van der Waals surface area contributed by atoms with Gasteiger partial charge in [-0.1, -0.05) is 23.7 Å². The number of methoxy groups -OCH3 is 1. The van der Waals surface area contributed by atoms with Gasteiger partial charge in [-0.25, -0.2) is 4.79 Å². The maximum absolute atomic E-state index is 12.4. The van der Waals surface area contributed by atoms with E-state index in [1.807, 2.05) is 12.1 Å². The van der Waals surface area contributed by atoms with Crippen LogP contribution >= 0.6 is 23.4 Å². The number of nitrogens with one attached hydrogen (secondary N) is 1. The molecule has 2 aromatic rings. The van der Waals surface area contributed by atoms with Crippen LogP contribution in [0.15, 0.2) is 33.9 Å². The van der Waals surface area contributed by atoms with Crippen LogP contribution in [0.25, 0.3) is 0 Å². The van der Waals surface area contributed by atoms with Gasteiger partial charge in [-0.2, -0.15) is 0 Å². The molecule has 0 saturated heterocycles. The van der Waals surface area contributed by atoms with Gasteiger partial charge in [-0.3, -0.25) is 19.1 Å². The lowest BCUT2D eigenvalue weighted by Gasteiger charge is -2.11. The Bertz CT molecular complexity index is 861. The summed E-state index contributed by atoms with van der Waals surface area (Å²) in [5.74, 6) is 0.0920. The molecule has 0 atom stereocenters. The first-order valence-corrected chi connectivity index (χ1v) is 8.94. The van der Waals surface area contributed by atoms with Crippen LogP contribution in [0.4, 0.5) is 5.82 Å². The van der Waals surface area contributed by atoms with Gasteiger partial charge in [0.05, 0.1) is 18.9 Å². The van der Waals surface area contributed by atoms with Crippen molar-refractivity contribution >= 4 is 35.0 Å². The lowest BCUT2D eigenvalue weighted by molar-refractivity contribution is 0.102. The third-order valence-corrected chi connectivity index (χ3v) is 4.71. The number of H-pyrrole nitrogens is 1. The third-order valence-electron chi connectivity index (χ3n) is 3.45. The predicted octanol–water partition coefficient (Wildman–Crippen LogP) is 1.53. The Morgan fingerprint density at radius 3 is 2.64 bits per heavy atom. The van der Waals surface area contributed by atoms with Gasteiger partial charge >= 0.3 is 5.69 Å². The average molecular weight is 384 g/mol. The van der Waals surface area contributed by atoms with Crippen molar-refractivity contribution in [2.24, 2.45) is 0 Å². The molecule has 3 N–H and O–H groups in total. The number of carbonyl (C=O) groups is 1. The summed E-state index contributed by atoms with van der Waals surface area (Å²) >= 11 is 7.17. The molecular weight excluding hydrogens is 366 g/mol. The van der Waals surface area contributed by atoms with E-state index in [2.05, 4.69) is 4.98 Å². The van der Waals surface area contributed by atoms with Crippen molar-refractivity contribution in [3.63, 3.8) is 0 Å². The summed E-state index contributed by atoms with van der Waals surface area (Å²) in [5, 5.41) is 0.641. The van der Waals surface area contributed by atoms with Gasteiger partial charge in [0.15, 0.2) is 5.78 Å². The number of hydrogen-bond donors (Lipinski definition) is 2. The monoisotopic (exact) mass is 383 g/mol. The van der Waals surface area contributed by atoms with Crippen LogP contribution in [0, 0.1) is 0 Å². The average Bonchev–Trinajstić information content (AvgIpc) is 2.56. The van der Waals surface area contributed by atoms with Crippen LogP contribution in [-0.4, -0.2) is 34.8 Å². The zero-order chi connectivity index (χ0) is 18.4. The minimum absolute atomic E-state index is 0.0678. The van der Waals surface area contributed by atoms with E-state index in [1.165, 1.54) is 18.9 Å². The number of anilines is 1. The minimum atomic E-state index is -0.770. The highest BCUT2D eigenvalue weighted by molar-refractivity contribution is 7.99. The zero-order valence-electron chi connectivity index (χ0n) is 13.6. The summed E-state index contributed by atoms with van der Waals surface area (Å²) in [4.78, 5) is 38.3. The molecule has 0 bridgehead atoms. The fourth-order valence-electron chi connectivity index (χ4n) is 2.18. The highest BCUT2D eigenvalue weighted by atomic mass is 35.5. The number of nitrogens with two attached hydrogens (primary N) is 1. The third kappa shape index (κ3) is 4.97. The van der Waals surface area contributed by atoms with Crippen molar-refractivity contribution in [2.75, 3.05) is 25.2 Å². The maximum atomic E-state index is 12.4. The van der Waals surface area contributed by atoms with Gasteiger partial charge in [0.25, 0.3) is 5.56 Å². The molecule has 0 unspecified atom stereocenters. The summed E-state index contributed by atoms with van der Waals surface area (Å²) in [6, 6.07) is 7.28. The van der Waals surface area contributed by atoms with Crippen LogP contribution in [-0.2, 0) is 17.0 Å². The Morgan fingerprint density at radius 2 is 2.00 bits per heavy atom. The number of nitrogen functional groups attached to an aromatic ring is 1. The molecule has 0 aliphatic carbocycles. The number of ketones is 1. The van der Waals surface area contributed by atoms with Crippen LogP contribution in [0.5, 0.6) is 0 Å². The lowest BCUT2D eigenvalue weighted by Crippen LogP contribution is -2.37. The van der Waals surface area contributed by atoms with Crippen LogP contribution in [0.3, 0.4) is 0 Å². The van der Waals surface area contributed by atoms with Gasteiger partial charge in [-0.05, 0) is 17.7 Å². The molecule has 134 valence electrons. The molecular formula is C16H18ClN3O4S. The molecule has 0 radical (unpaired) electrons. The van der Waals surface area contributed by atoms with Gasteiger partial charge < -0.3 is 10.5 Å². The Kier molecular flexibility index (Phi) is 6.86. The quantitative estimate of drug-likeness (QED) is 0.669. The van der Waals surface area contributed by atoms with Crippen molar-refractivity contribution in [3.05, 3.63) is 61.3 Å². The van der Waals surface area contributed by atoms with Crippen LogP contribution in [0.2, 0.25) is 5.02 Å². The molecule has 7 nitrogen and oxygen atoms in total. The minimum Gasteiger partial charge on any atom is -0.384 e. The number of benzene rings is 1. The smallest absolute Gasteiger partial charge is 0.330 e. The summed E-state index contributed by atoms with van der Waals surface area (Å²) < 4.78 is 6.03. The fourth-order valence-corrected chi connectivity index (χ4v) is 3.16. The topological polar surface area (TPSA) is 107 Å². The normalized spacial score (nSPS) is 10.8. The number of nitrogens with zero attached hydrogens (tertiary/aromatic N) is 1. The summed E-state index contributed by atoms with van der Waals surface area (Å²) in [6.07, 6.45) is 0. The van der Waals surface area contributed by atoms with Gasteiger partial charge in [0.2, 0.25) is 0 Å². The Hall–Kier alpha value is -2.03. The second kappa shape index (κ2) is 8.89. The Morgan fingerprint density at radius 1 is 1.32 bits per heavy atom. The molecule has 0 saturated carbocycles. The molecule has 1 aromatic carbocycles. The molecule has 0 amide bonds. The van der Waals surface area contributed by atoms with E-state index in [-0.39, 0.29) is 30.3 Å². The van der Waals surface area contributed by atoms with E-state index < -0.39 is 17.0 Å². The highest BCUT2D eigenvalue weighted by Gasteiger charge is 2.19. The van der Waals surface area contributed by atoms with E-state index in [1.54, 1.807) is 12.1 Å². The number of aromatic nitrogens is 2. The van der Waals surface area contributed by atoms with Crippen molar-refractivity contribution in [1.29, 1.82) is 0 Å². The lowest BCUT2D eigenvalue weighted by atomic mass is 10.2. The first-order valence-electron chi connectivity index (χ1n) is 7.41. The number of Topliss-reactive ketones (excluding diaryl/α,β-unsaturated/α-hetero) is 1. The SMILES string of the molecule is COCCn1c(N)c(C(=O)CSCc2ccc(Cl)cc2)c(=O)[nH]c1=O. The van der Waals surface area contributed by atoms with Crippen molar-refractivity contribution in [3.8, 4) is 0 Å². The first kappa shape index (κ1) is 19.3. The van der Waals surface area contributed by atoms with Gasteiger partial charge in [0.1, 0.15) is 11.4 Å². The summed E-state index contributed by atoms with van der Waals surface area (Å²) in [6.45, 7) is 0.380. The number of carbonyl (C=O) groups excluding carboxylic acids is 1. The van der Waals surface area contributed by atoms with Crippen molar-refractivity contribution < 1.29 is 9.53 Å². The van der Waals surface area contributed by atoms with E-state index in [0.29, 0.717) is 10.8 Å². The largest absolute Gasteiger partial charge is 0.384 e. The fraction of sp³-hybridized carbons (Fsp3) is 0.312. The number of hydrogen-bond acceptors (Lipinski definition) is 6. The first-order chi connectivity index (χ1) is 11.9. The molecule has 0 spiro atoms.